The van der Waals surface area contributed by atoms with Crippen molar-refractivity contribution < 1.29 is 23.8 Å². The number of hydrogen-bond acceptors (Lipinski definition) is 6. The summed E-state index contributed by atoms with van der Waals surface area (Å²) in [6, 6.07) is 14.5. The van der Waals surface area contributed by atoms with Gasteiger partial charge in [-0.2, -0.15) is 5.10 Å². The summed E-state index contributed by atoms with van der Waals surface area (Å²) >= 11 is 0. The number of esters is 1. The van der Waals surface area contributed by atoms with Crippen molar-refractivity contribution >= 4 is 11.8 Å². The molecule has 144 valence electrons. The first-order valence-corrected chi connectivity index (χ1v) is 8.59. The number of carbonyl (C=O) groups is 2. The molecule has 0 fully saturated rings. The number of carbonyl (C=O) groups excluding carboxylic acids is 2. The van der Waals surface area contributed by atoms with Gasteiger partial charge in [0.15, 0.2) is 23.9 Å². The van der Waals surface area contributed by atoms with Crippen LogP contribution in [0.3, 0.4) is 0 Å². The minimum atomic E-state index is -0.604. The zero-order valence-corrected chi connectivity index (χ0v) is 15.6. The summed E-state index contributed by atoms with van der Waals surface area (Å²) in [4.78, 5) is 24.5. The average Bonchev–Trinajstić information content (AvgIpc) is 3.20. The molecule has 0 unspecified atom stereocenters. The lowest BCUT2D eigenvalue weighted by Crippen LogP contribution is -2.14. The second kappa shape index (κ2) is 8.85. The first-order valence-electron chi connectivity index (χ1n) is 8.59. The third-order valence-corrected chi connectivity index (χ3v) is 4.10. The standard InChI is InChI=1S/C21H20N2O5/c1-26-19-9-8-16(10-20(19)27-2)18(24)14-28-21(25)17-11-22-23(13-17)12-15-6-4-3-5-7-15/h3-11,13H,12,14H2,1-2H3. The summed E-state index contributed by atoms with van der Waals surface area (Å²) in [6.45, 7) is 0.164. The van der Waals surface area contributed by atoms with Crippen LogP contribution in [0.1, 0.15) is 26.3 Å². The molecular weight excluding hydrogens is 360 g/mol. The Kier molecular flexibility index (Phi) is 6.06. The summed E-state index contributed by atoms with van der Waals surface area (Å²) in [5.41, 5.74) is 1.72. The van der Waals surface area contributed by atoms with Gasteiger partial charge < -0.3 is 14.2 Å². The van der Waals surface area contributed by atoms with E-state index in [0.717, 1.165) is 5.56 Å². The smallest absolute Gasteiger partial charge is 0.341 e. The molecule has 0 N–H and O–H groups in total. The van der Waals surface area contributed by atoms with Crippen molar-refractivity contribution in [2.75, 3.05) is 20.8 Å². The first-order chi connectivity index (χ1) is 13.6. The number of aromatic nitrogens is 2. The number of benzene rings is 2. The van der Waals surface area contributed by atoms with Crippen molar-refractivity contribution in [3.05, 3.63) is 77.6 Å². The molecule has 1 aromatic heterocycles. The summed E-state index contributed by atoms with van der Waals surface area (Å²) in [5, 5.41) is 4.16. The van der Waals surface area contributed by atoms with Gasteiger partial charge in [0.1, 0.15) is 0 Å². The molecule has 0 saturated heterocycles. The van der Waals surface area contributed by atoms with Gasteiger partial charge in [0, 0.05) is 11.8 Å². The molecule has 2 aromatic carbocycles. The highest BCUT2D eigenvalue weighted by molar-refractivity contribution is 5.99. The van der Waals surface area contributed by atoms with E-state index < -0.39 is 5.97 Å². The van der Waals surface area contributed by atoms with Crippen molar-refractivity contribution in [1.82, 2.24) is 9.78 Å². The SMILES string of the molecule is COc1ccc(C(=O)COC(=O)c2cnn(Cc3ccccc3)c2)cc1OC. The van der Waals surface area contributed by atoms with Crippen LogP contribution in [0, 0.1) is 0 Å². The Hall–Kier alpha value is -3.61. The number of ketones is 1. The highest BCUT2D eigenvalue weighted by atomic mass is 16.5. The zero-order chi connectivity index (χ0) is 19.9. The largest absolute Gasteiger partial charge is 0.493 e. The maximum Gasteiger partial charge on any atom is 0.341 e. The van der Waals surface area contributed by atoms with Crippen LogP contribution in [-0.2, 0) is 11.3 Å². The van der Waals surface area contributed by atoms with Gasteiger partial charge in [-0.15, -0.1) is 0 Å². The lowest BCUT2D eigenvalue weighted by molar-refractivity contribution is 0.0474. The summed E-state index contributed by atoms with van der Waals surface area (Å²) in [6.07, 6.45) is 3.02. The fourth-order valence-electron chi connectivity index (χ4n) is 2.63. The van der Waals surface area contributed by atoms with E-state index in [9.17, 15) is 9.59 Å². The predicted octanol–water partition coefficient (Wildman–Crippen LogP) is 2.99. The number of Topliss-reactive ketones (excluding diaryl/α,β-unsaturated/α-hetero) is 1. The van der Waals surface area contributed by atoms with Crippen molar-refractivity contribution in [2.24, 2.45) is 0 Å². The van der Waals surface area contributed by atoms with E-state index in [1.807, 2.05) is 30.3 Å². The van der Waals surface area contributed by atoms with Crippen LogP contribution < -0.4 is 9.47 Å². The highest BCUT2D eigenvalue weighted by Crippen LogP contribution is 2.27. The fraction of sp³-hybridized carbons (Fsp3) is 0.190. The molecule has 0 aliphatic carbocycles. The molecule has 3 rings (SSSR count). The van der Waals surface area contributed by atoms with Crippen LogP contribution >= 0.6 is 0 Å². The van der Waals surface area contributed by atoms with E-state index in [4.69, 9.17) is 14.2 Å². The molecule has 0 atom stereocenters. The molecule has 1 heterocycles. The van der Waals surface area contributed by atoms with Gasteiger partial charge in [-0.3, -0.25) is 9.48 Å². The Morgan fingerprint density at radius 1 is 0.964 bits per heavy atom. The Bertz CT molecular complexity index is 966. The monoisotopic (exact) mass is 380 g/mol. The van der Waals surface area contributed by atoms with Crippen LogP contribution in [0.4, 0.5) is 0 Å². The molecule has 0 spiro atoms. The molecule has 7 heteroatoms. The molecule has 0 amide bonds. The summed E-state index contributed by atoms with van der Waals surface area (Å²) in [5.74, 6) is 0.00265. The van der Waals surface area contributed by atoms with E-state index >= 15 is 0 Å². The maximum absolute atomic E-state index is 12.3. The molecule has 0 radical (unpaired) electrons. The molecular formula is C21H20N2O5. The van der Waals surface area contributed by atoms with Crippen molar-refractivity contribution in [2.45, 2.75) is 6.54 Å². The first kappa shape index (κ1) is 19.2. The normalized spacial score (nSPS) is 10.4. The number of hydrogen-bond donors (Lipinski definition) is 0. The molecule has 3 aromatic rings. The Labute approximate surface area is 162 Å². The van der Waals surface area contributed by atoms with Crippen molar-refractivity contribution in [3.63, 3.8) is 0 Å². The summed E-state index contributed by atoms with van der Waals surface area (Å²) in [7, 11) is 3.00. The lowest BCUT2D eigenvalue weighted by Gasteiger charge is -2.09. The van der Waals surface area contributed by atoms with E-state index in [-0.39, 0.29) is 18.0 Å². The lowest BCUT2D eigenvalue weighted by atomic mass is 10.1. The van der Waals surface area contributed by atoms with Crippen molar-refractivity contribution in [3.8, 4) is 11.5 Å². The van der Waals surface area contributed by atoms with Gasteiger partial charge in [-0.25, -0.2) is 4.79 Å². The van der Waals surface area contributed by atoms with Crippen LogP contribution in [0.15, 0.2) is 60.9 Å². The summed E-state index contributed by atoms with van der Waals surface area (Å²) < 4.78 is 17.1. The molecule has 0 bridgehead atoms. The van der Waals surface area contributed by atoms with Crippen molar-refractivity contribution in [1.29, 1.82) is 0 Å². The second-order valence-electron chi connectivity index (χ2n) is 5.98. The van der Waals surface area contributed by atoms with Crippen LogP contribution in [0.2, 0.25) is 0 Å². The third kappa shape index (κ3) is 4.56. The Morgan fingerprint density at radius 3 is 2.43 bits per heavy atom. The van der Waals surface area contributed by atoms with Crippen LogP contribution in [0.5, 0.6) is 11.5 Å². The van der Waals surface area contributed by atoms with Crippen LogP contribution in [-0.4, -0.2) is 42.4 Å². The quantitative estimate of drug-likeness (QED) is 0.442. The number of methoxy groups -OCH3 is 2. The number of ether oxygens (including phenoxy) is 3. The van der Waals surface area contributed by atoms with Gasteiger partial charge in [-0.1, -0.05) is 30.3 Å². The van der Waals surface area contributed by atoms with Gasteiger partial charge in [0.25, 0.3) is 0 Å². The molecule has 7 nitrogen and oxygen atoms in total. The van der Waals surface area contributed by atoms with E-state index in [1.165, 1.54) is 20.4 Å². The van der Waals surface area contributed by atoms with Gasteiger partial charge >= 0.3 is 5.97 Å². The fourth-order valence-corrected chi connectivity index (χ4v) is 2.63. The van der Waals surface area contributed by atoms with E-state index in [2.05, 4.69) is 5.10 Å². The van der Waals surface area contributed by atoms with E-state index in [0.29, 0.717) is 23.6 Å². The molecule has 0 aliphatic heterocycles. The van der Waals surface area contributed by atoms with Gasteiger partial charge in [-0.05, 0) is 23.8 Å². The molecule has 0 saturated carbocycles. The average molecular weight is 380 g/mol. The Morgan fingerprint density at radius 2 is 1.71 bits per heavy atom. The molecule has 0 aliphatic rings. The number of nitrogens with zero attached hydrogens (tertiary/aromatic N) is 2. The Balaban J connectivity index is 1.59. The molecule has 28 heavy (non-hydrogen) atoms. The predicted molar refractivity (Wildman–Crippen MR) is 102 cm³/mol. The second-order valence-corrected chi connectivity index (χ2v) is 5.98. The topological polar surface area (TPSA) is 79.7 Å². The maximum atomic E-state index is 12.3. The number of rotatable bonds is 8. The minimum Gasteiger partial charge on any atom is -0.493 e. The van der Waals surface area contributed by atoms with Crippen LogP contribution in [0.25, 0.3) is 0 Å². The van der Waals surface area contributed by atoms with Gasteiger partial charge in [0.05, 0.1) is 32.5 Å². The van der Waals surface area contributed by atoms with E-state index in [1.54, 1.807) is 29.1 Å². The minimum absolute atomic E-state index is 0.288. The third-order valence-electron chi connectivity index (χ3n) is 4.10. The highest BCUT2D eigenvalue weighted by Gasteiger charge is 2.15. The zero-order valence-electron chi connectivity index (χ0n) is 15.6. The van der Waals surface area contributed by atoms with Gasteiger partial charge in [0.2, 0.25) is 0 Å².